The lowest BCUT2D eigenvalue weighted by molar-refractivity contribution is 0.0953. The topological polar surface area (TPSA) is 67.6 Å². The molecule has 0 saturated carbocycles. The molecule has 0 aromatic heterocycles. The summed E-state index contributed by atoms with van der Waals surface area (Å²) >= 11 is 0. The molecule has 0 bridgehead atoms. The molecule has 0 aliphatic rings. The van der Waals surface area contributed by atoms with E-state index in [1.165, 1.54) is 0 Å². The van der Waals surface area contributed by atoms with Crippen LogP contribution in [0, 0.1) is 0 Å². The number of hydrogen-bond acceptors (Lipinski definition) is 4. The van der Waals surface area contributed by atoms with Crippen LogP contribution in [0.25, 0.3) is 0 Å². The van der Waals surface area contributed by atoms with Crippen LogP contribution in [0.15, 0.2) is 18.2 Å². The fraction of sp³-hybridized carbons (Fsp3) is 0.562. The molecule has 0 spiro atoms. The quantitative estimate of drug-likeness (QED) is 0.569. The van der Waals surface area contributed by atoms with Crippen LogP contribution >= 0.6 is 0 Å². The average molecular weight is 293 g/mol. The second kappa shape index (κ2) is 8.52. The fourth-order valence-electron chi connectivity index (χ4n) is 1.96. The minimum absolute atomic E-state index is 0.149. The number of nitrogens with zero attached hydrogens (tertiary/aromatic N) is 1. The van der Waals surface area contributed by atoms with Crippen molar-refractivity contribution >= 4 is 11.6 Å². The molecule has 1 rings (SSSR count). The van der Waals surface area contributed by atoms with Crippen LogP contribution in [0.2, 0.25) is 0 Å². The monoisotopic (exact) mass is 293 g/mol. The highest BCUT2D eigenvalue weighted by Crippen LogP contribution is 2.24. The first-order valence-electron chi connectivity index (χ1n) is 7.38. The molecule has 118 valence electrons. The summed E-state index contributed by atoms with van der Waals surface area (Å²) < 4.78 is 5.12. The van der Waals surface area contributed by atoms with Crippen molar-refractivity contribution < 1.29 is 9.53 Å². The smallest absolute Gasteiger partial charge is 0.253 e. The lowest BCUT2D eigenvalue weighted by Crippen LogP contribution is -2.29. The van der Waals surface area contributed by atoms with Crippen molar-refractivity contribution in [1.29, 1.82) is 0 Å². The number of nitrogen functional groups attached to an aromatic ring is 1. The zero-order valence-electron chi connectivity index (χ0n) is 13.5. The third-order valence-electron chi connectivity index (χ3n) is 3.64. The summed E-state index contributed by atoms with van der Waals surface area (Å²) in [7, 11) is 3.65. The molecule has 1 aromatic rings. The van der Waals surface area contributed by atoms with Gasteiger partial charge in [0.1, 0.15) is 5.75 Å². The second-order valence-corrected chi connectivity index (χ2v) is 5.46. The summed E-state index contributed by atoms with van der Waals surface area (Å²) in [5.74, 6) is 0.379. The Morgan fingerprint density at radius 3 is 2.71 bits per heavy atom. The molecular weight excluding hydrogens is 266 g/mol. The maximum atomic E-state index is 12.1. The van der Waals surface area contributed by atoms with Crippen LogP contribution in [-0.4, -0.2) is 44.1 Å². The molecule has 21 heavy (non-hydrogen) atoms. The molecule has 1 amide bonds. The van der Waals surface area contributed by atoms with E-state index >= 15 is 0 Å². The van der Waals surface area contributed by atoms with E-state index in [9.17, 15) is 4.79 Å². The molecule has 0 heterocycles. The molecule has 0 atom stereocenters. The first-order valence-corrected chi connectivity index (χ1v) is 7.38. The maximum Gasteiger partial charge on any atom is 0.253 e. The predicted molar refractivity (Wildman–Crippen MR) is 86.7 cm³/mol. The van der Waals surface area contributed by atoms with Gasteiger partial charge in [0.25, 0.3) is 5.91 Å². The molecule has 3 N–H and O–H groups in total. The number of para-hydroxylation sites is 1. The minimum atomic E-state index is -0.149. The van der Waals surface area contributed by atoms with E-state index < -0.39 is 0 Å². The number of rotatable bonds is 8. The number of carbonyl (C=O) groups is 1. The number of benzene rings is 1. The van der Waals surface area contributed by atoms with Gasteiger partial charge in [-0.25, -0.2) is 0 Å². The van der Waals surface area contributed by atoms with Crippen LogP contribution in [-0.2, 0) is 0 Å². The molecule has 0 saturated heterocycles. The molecular formula is C16H27N3O2. The van der Waals surface area contributed by atoms with Crippen molar-refractivity contribution in [3.63, 3.8) is 0 Å². The lowest BCUT2D eigenvalue weighted by atomic mass is 10.1. The number of carbonyl (C=O) groups excluding carboxylic acids is 1. The number of anilines is 1. The van der Waals surface area contributed by atoms with Gasteiger partial charge >= 0.3 is 0 Å². The summed E-state index contributed by atoms with van der Waals surface area (Å²) in [6, 6.07) is 5.77. The van der Waals surface area contributed by atoms with Crippen LogP contribution in [0.4, 0.5) is 5.69 Å². The van der Waals surface area contributed by atoms with E-state index in [1.807, 2.05) is 0 Å². The SMILES string of the molecule is COc1cccc(C(=O)NCCCCN(C)C(C)C)c1N. The summed E-state index contributed by atoms with van der Waals surface area (Å²) in [5, 5.41) is 2.90. The zero-order chi connectivity index (χ0) is 15.8. The molecule has 5 nitrogen and oxygen atoms in total. The van der Waals surface area contributed by atoms with E-state index in [1.54, 1.807) is 25.3 Å². The third-order valence-corrected chi connectivity index (χ3v) is 3.64. The van der Waals surface area contributed by atoms with E-state index in [2.05, 4.69) is 31.1 Å². The molecule has 0 fully saturated rings. The highest BCUT2D eigenvalue weighted by atomic mass is 16.5. The average Bonchev–Trinajstić information content (AvgIpc) is 2.46. The van der Waals surface area contributed by atoms with E-state index in [-0.39, 0.29) is 5.91 Å². The molecule has 0 radical (unpaired) electrons. The largest absolute Gasteiger partial charge is 0.495 e. The lowest BCUT2D eigenvalue weighted by Gasteiger charge is -2.20. The molecule has 5 heteroatoms. The standard InChI is InChI=1S/C16H27N3O2/c1-12(2)19(3)11-6-5-10-18-16(20)13-8-7-9-14(21-4)15(13)17/h7-9,12H,5-6,10-11,17H2,1-4H3,(H,18,20). The van der Waals surface area contributed by atoms with Gasteiger partial charge in [-0.3, -0.25) is 4.79 Å². The Bertz CT molecular complexity index is 461. The molecule has 0 aliphatic carbocycles. The third kappa shape index (κ3) is 5.27. The number of amides is 1. The highest BCUT2D eigenvalue weighted by molar-refractivity contribution is 6.00. The molecule has 0 aliphatic heterocycles. The van der Waals surface area contributed by atoms with Crippen molar-refractivity contribution in [2.45, 2.75) is 32.7 Å². The summed E-state index contributed by atoms with van der Waals surface area (Å²) in [6.07, 6.45) is 2.01. The van der Waals surface area contributed by atoms with Gasteiger partial charge in [-0.1, -0.05) is 6.07 Å². The number of unbranched alkanes of at least 4 members (excludes halogenated alkanes) is 1. The van der Waals surface area contributed by atoms with Crippen molar-refractivity contribution in [2.75, 3.05) is 33.0 Å². The number of nitrogens with two attached hydrogens (primary N) is 1. The number of methoxy groups -OCH3 is 1. The van der Waals surface area contributed by atoms with E-state index in [4.69, 9.17) is 10.5 Å². The van der Waals surface area contributed by atoms with Gasteiger partial charge in [0.05, 0.1) is 18.4 Å². The Morgan fingerprint density at radius 1 is 1.38 bits per heavy atom. The first kappa shape index (κ1) is 17.3. The fourth-order valence-corrected chi connectivity index (χ4v) is 1.96. The van der Waals surface area contributed by atoms with Crippen LogP contribution in [0.1, 0.15) is 37.0 Å². The van der Waals surface area contributed by atoms with Crippen LogP contribution in [0.5, 0.6) is 5.75 Å². The van der Waals surface area contributed by atoms with Gasteiger partial charge in [0, 0.05) is 12.6 Å². The van der Waals surface area contributed by atoms with Gasteiger partial charge in [-0.05, 0) is 52.4 Å². The number of nitrogens with one attached hydrogen (secondary N) is 1. The summed E-state index contributed by atoms with van der Waals surface area (Å²) in [6.45, 7) is 6.04. The predicted octanol–water partition coefficient (Wildman–Crippen LogP) is 2.13. The van der Waals surface area contributed by atoms with Crippen molar-refractivity contribution in [3.8, 4) is 5.75 Å². The van der Waals surface area contributed by atoms with E-state index in [0.717, 1.165) is 19.4 Å². The van der Waals surface area contributed by atoms with Crippen molar-refractivity contribution in [1.82, 2.24) is 10.2 Å². The highest BCUT2D eigenvalue weighted by Gasteiger charge is 2.12. The Morgan fingerprint density at radius 2 is 2.10 bits per heavy atom. The van der Waals surface area contributed by atoms with E-state index in [0.29, 0.717) is 29.6 Å². The van der Waals surface area contributed by atoms with Gasteiger partial charge in [-0.2, -0.15) is 0 Å². The number of hydrogen-bond donors (Lipinski definition) is 2. The Balaban J connectivity index is 2.38. The van der Waals surface area contributed by atoms with Crippen molar-refractivity contribution in [2.24, 2.45) is 0 Å². The number of ether oxygens (including phenoxy) is 1. The van der Waals surface area contributed by atoms with Crippen molar-refractivity contribution in [3.05, 3.63) is 23.8 Å². The normalized spacial score (nSPS) is 11.0. The first-order chi connectivity index (χ1) is 9.97. The maximum absolute atomic E-state index is 12.1. The molecule has 1 aromatic carbocycles. The Hall–Kier alpha value is -1.75. The second-order valence-electron chi connectivity index (χ2n) is 5.46. The van der Waals surface area contributed by atoms with Crippen LogP contribution in [0.3, 0.4) is 0 Å². The van der Waals surface area contributed by atoms with Gasteiger partial charge < -0.3 is 20.7 Å². The zero-order valence-corrected chi connectivity index (χ0v) is 13.5. The summed E-state index contributed by atoms with van der Waals surface area (Å²) in [5.41, 5.74) is 6.76. The van der Waals surface area contributed by atoms with Crippen LogP contribution < -0.4 is 15.8 Å². The van der Waals surface area contributed by atoms with Gasteiger partial charge in [-0.15, -0.1) is 0 Å². The minimum Gasteiger partial charge on any atom is -0.495 e. The Labute approximate surface area is 127 Å². The molecule has 0 unspecified atom stereocenters. The summed E-state index contributed by atoms with van der Waals surface area (Å²) in [4.78, 5) is 14.4. The Kier molecular flexibility index (Phi) is 7.02. The van der Waals surface area contributed by atoms with Gasteiger partial charge in [0.2, 0.25) is 0 Å². The van der Waals surface area contributed by atoms with Gasteiger partial charge in [0.15, 0.2) is 0 Å².